The largest absolute Gasteiger partial charge is 0.460 e. The molecule has 200 valence electrons. The van der Waals surface area contributed by atoms with E-state index in [1.165, 1.54) is 0 Å². The highest BCUT2D eigenvalue weighted by atomic mass is 32.2. The van der Waals surface area contributed by atoms with Crippen LogP contribution in [0.25, 0.3) is 0 Å². The first-order valence-electron chi connectivity index (χ1n) is 7.57. The van der Waals surface area contributed by atoms with Crippen LogP contribution in [0.15, 0.2) is 24.3 Å². The van der Waals surface area contributed by atoms with Crippen LogP contribution in [0.2, 0.25) is 0 Å². The number of rotatable bonds is 9. The monoisotopic (exact) mass is 564 g/mol. The van der Waals surface area contributed by atoms with E-state index < -0.39 is 63.2 Å². The number of hydrogen-bond donors (Lipinski definition) is 0. The molecule has 0 aromatic carbocycles. The zero-order valence-corrected chi connectivity index (χ0v) is 15.8. The standard InChI is InChI=1S/C13H5F17O3S/c14-6(15,8(18,19)10(22,23)12(26,27)28)7(16,17)9(20,21)11(24,25)13(29,30)33-34(31,32)5-3-1-2-4-5/h1-5H. The molecule has 1 aliphatic carbocycles. The number of alkyl halides is 17. The third-order valence-electron chi connectivity index (χ3n) is 3.96. The van der Waals surface area contributed by atoms with Crippen LogP contribution in [-0.2, 0) is 14.3 Å². The summed E-state index contributed by atoms with van der Waals surface area (Å²) in [6.45, 7) is 0. The second-order valence-electron chi connectivity index (χ2n) is 6.27. The summed E-state index contributed by atoms with van der Waals surface area (Å²) >= 11 is 0. The van der Waals surface area contributed by atoms with E-state index in [-0.39, 0.29) is 0 Å². The minimum atomic E-state index is -8.81. The van der Waals surface area contributed by atoms with Crippen molar-refractivity contribution < 1.29 is 87.2 Å². The van der Waals surface area contributed by atoms with Crippen LogP contribution in [0.4, 0.5) is 74.6 Å². The second kappa shape index (κ2) is 7.85. The van der Waals surface area contributed by atoms with Crippen molar-refractivity contribution in [1.29, 1.82) is 0 Å². The SMILES string of the molecule is O=S(=O)(OC(F)(F)C(F)(F)C(F)(F)C(F)(F)C(F)(F)C(F)(F)C(F)(F)C(F)(F)F)C1C=CC=C1. The second-order valence-corrected chi connectivity index (χ2v) is 7.97. The summed E-state index contributed by atoms with van der Waals surface area (Å²) in [6, 6.07) is 0. The molecule has 1 rings (SSSR count). The van der Waals surface area contributed by atoms with Crippen LogP contribution >= 0.6 is 0 Å². The fourth-order valence-corrected chi connectivity index (χ4v) is 3.08. The van der Waals surface area contributed by atoms with E-state index in [9.17, 15) is 83.1 Å². The van der Waals surface area contributed by atoms with E-state index in [1.807, 2.05) is 0 Å². The summed E-state index contributed by atoms with van der Waals surface area (Å²) < 4.78 is 247. The fourth-order valence-electron chi connectivity index (χ4n) is 2.01. The highest BCUT2D eigenvalue weighted by molar-refractivity contribution is 7.87. The third-order valence-corrected chi connectivity index (χ3v) is 5.38. The van der Waals surface area contributed by atoms with Crippen molar-refractivity contribution in [2.45, 2.75) is 53.1 Å². The van der Waals surface area contributed by atoms with Gasteiger partial charge in [-0.1, -0.05) is 24.3 Å². The minimum Gasteiger partial charge on any atom is -0.198 e. The summed E-state index contributed by atoms with van der Waals surface area (Å²) in [4.78, 5) is 0. The van der Waals surface area contributed by atoms with Gasteiger partial charge in [0.2, 0.25) is 0 Å². The van der Waals surface area contributed by atoms with Crippen LogP contribution in [0.5, 0.6) is 0 Å². The van der Waals surface area contributed by atoms with E-state index in [2.05, 4.69) is 4.18 Å². The molecular weight excluding hydrogens is 559 g/mol. The number of halogens is 17. The molecule has 0 saturated heterocycles. The Hall–Kier alpha value is -1.80. The molecule has 0 fully saturated rings. The van der Waals surface area contributed by atoms with Crippen LogP contribution < -0.4 is 0 Å². The molecule has 0 heterocycles. The lowest BCUT2D eigenvalue weighted by Crippen LogP contribution is -2.74. The maximum absolute atomic E-state index is 13.5. The van der Waals surface area contributed by atoms with Gasteiger partial charge in [0.05, 0.1) is 0 Å². The smallest absolute Gasteiger partial charge is 0.198 e. The van der Waals surface area contributed by atoms with Gasteiger partial charge in [-0.25, -0.2) is 0 Å². The van der Waals surface area contributed by atoms with Crippen molar-refractivity contribution in [2.24, 2.45) is 0 Å². The highest BCUT2D eigenvalue weighted by Crippen LogP contribution is 2.64. The minimum absolute atomic E-state index is 0.351. The molecule has 0 aliphatic heterocycles. The van der Waals surface area contributed by atoms with Gasteiger partial charge in [-0.05, 0) is 0 Å². The van der Waals surface area contributed by atoms with Crippen molar-refractivity contribution in [3.63, 3.8) is 0 Å². The third kappa shape index (κ3) is 4.00. The first-order valence-corrected chi connectivity index (χ1v) is 9.04. The maximum atomic E-state index is 13.5. The zero-order chi connectivity index (χ0) is 27.6. The Bertz CT molecular complexity index is 932. The average Bonchev–Trinajstić information content (AvgIpc) is 3.14. The van der Waals surface area contributed by atoms with Gasteiger partial charge >= 0.3 is 47.8 Å². The lowest BCUT2D eigenvalue weighted by Gasteiger charge is -2.42. The molecule has 21 heteroatoms. The summed E-state index contributed by atoms with van der Waals surface area (Å²) in [5.74, 6) is -51.4. The lowest BCUT2D eigenvalue weighted by atomic mass is 9.91. The molecule has 0 radical (unpaired) electrons. The topological polar surface area (TPSA) is 43.4 Å². The van der Waals surface area contributed by atoms with Gasteiger partial charge in [0, 0.05) is 0 Å². The summed E-state index contributed by atoms with van der Waals surface area (Å²) in [5.41, 5.74) is 0. The Labute approximate surface area is 175 Å². The normalized spacial score (nSPS) is 18.1. The van der Waals surface area contributed by atoms with Crippen molar-refractivity contribution in [2.75, 3.05) is 0 Å². The summed E-state index contributed by atoms with van der Waals surface area (Å²) in [7, 11) is -6.20. The van der Waals surface area contributed by atoms with E-state index in [0.717, 1.165) is 0 Å². The van der Waals surface area contributed by atoms with E-state index in [1.54, 1.807) is 0 Å². The van der Waals surface area contributed by atoms with Crippen LogP contribution in [0.3, 0.4) is 0 Å². The van der Waals surface area contributed by atoms with Gasteiger partial charge in [0.25, 0.3) is 10.1 Å². The molecule has 0 saturated carbocycles. The van der Waals surface area contributed by atoms with E-state index >= 15 is 0 Å². The Balaban J connectivity index is 3.59. The van der Waals surface area contributed by atoms with Crippen molar-refractivity contribution in [3.05, 3.63) is 24.3 Å². The molecule has 0 N–H and O–H groups in total. The predicted octanol–water partition coefficient (Wildman–Crippen LogP) is 5.79. The molecule has 0 atom stereocenters. The fraction of sp³-hybridized carbons (Fsp3) is 0.692. The molecule has 3 nitrogen and oxygen atoms in total. The quantitative estimate of drug-likeness (QED) is 0.263. The summed E-state index contributed by atoms with van der Waals surface area (Å²) in [5, 5.41) is -2.46. The molecule has 0 aromatic rings. The number of hydrogen-bond acceptors (Lipinski definition) is 3. The van der Waals surface area contributed by atoms with Crippen molar-refractivity contribution in [1.82, 2.24) is 0 Å². The molecule has 1 aliphatic rings. The van der Waals surface area contributed by atoms with E-state index in [4.69, 9.17) is 0 Å². The Morgan fingerprint density at radius 1 is 0.500 bits per heavy atom. The molecule has 0 unspecified atom stereocenters. The van der Waals surface area contributed by atoms with Crippen molar-refractivity contribution >= 4 is 10.1 Å². The van der Waals surface area contributed by atoms with Crippen LogP contribution in [0.1, 0.15) is 0 Å². The van der Waals surface area contributed by atoms with Gasteiger partial charge in [0.15, 0.2) is 0 Å². The van der Waals surface area contributed by atoms with Crippen molar-refractivity contribution in [3.8, 4) is 0 Å². The first kappa shape index (κ1) is 30.2. The Morgan fingerprint density at radius 3 is 1.12 bits per heavy atom. The average molecular weight is 564 g/mol. The lowest BCUT2D eigenvalue weighted by molar-refractivity contribution is -0.471. The molecule has 0 aromatic heterocycles. The van der Waals surface area contributed by atoms with Crippen LogP contribution in [-0.4, -0.2) is 61.5 Å². The Morgan fingerprint density at radius 2 is 0.794 bits per heavy atom. The van der Waals surface area contributed by atoms with Gasteiger partial charge in [-0.2, -0.15) is 87.2 Å². The van der Waals surface area contributed by atoms with Gasteiger partial charge in [0.1, 0.15) is 5.25 Å². The van der Waals surface area contributed by atoms with Crippen LogP contribution in [0, 0.1) is 0 Å². The number of allylic oxidation sites excluding steroid dienone is 2. The Kier molecular flexibility index (Phi) is 6.98. The molecule has 0 amide bonds. The van der Waals surface area contributed by atoms with E-state index in [0.29, 0.717) is 24.3 Å². The summed E-state index contributed by atoms with van der Waals surface area (Å²) in [6.07, 6.45) is -13.2. The van der Waals surface area contributed by atoms with Gasteiger partial charge < -0.3 is 0 Å². The molecule has 0 bridgehead atoms. The maximum Gasteiger partial charge on any atom is 0.460 e. The van der Waals surface area contributed by atoms with Gasteiger partial charge in [-0.15, -0.1) is 0 Å². The molecule has 0 spiro atoms. The molecular formula is C13H5F17O3S. The zero-order valence-electron chi connectivity index (χ0n) is 14.9. The molecule has 34 heavy (non-hydrogen) atoms. The highest BCUT2D eigenvalue weighted by Gasteiger charge is 2.95. The predicted molar refractivity (Wildman–Crippen MR) is 72.8 cm³/mol. The van der Waals surface area contributed by atoms with Gasteiger partial charge in [-0.3, -0.25) is 0 Å². The first-order chi connectivity index (χ1) is 14.6.